The van der Waals surface area contributed by atoms with Gasteiger partial charge < -0.3 is 4.74 Å². The molecule has 0 saturated carbocycles. The first-order valence-electron chi connectivity index (χ1n) is 5.89. The standard InChI is InChI=1S/C15H13F3O/c1-9(2)13-7-12(8-14(17)15(13)18)19-11-5-3-4-10(16)6-11/h3-9H,1-2H3. The zero-order chi connectivity index (χ0) is 14.0. The molecule has 0 atom stereocenters. The van der Waals surface area contributed by atoms with Crippen LogP contribution in [0.2, 0.25) is 0 Å². The van der Waals surface area contributed by atoms with Gasteiger partial charge in [0.25, 0.3) is 0 Å². The quantitative estimate of drug-likeness (QED) is 0.758. The van der Waals surface area contributed by atoms with Crippen LogP contribution in [0, 0.1) is 17.5 Å². The van der Waals surface area contributed by atoms with E-state index < -0.39 is 17.5 Å². The molecule has 0 bridgehead atoms. The lowest BCUT2D eigenvalue weighted by molar-refractivity contribution is 0.451. The molecule has 0 radical (unpaired) electrons. The maximum Gasteiger partial charge on any atom is 0.162 e. The molecule has 0 spiro atoms. The van der Waals surface area contributed by atoms with Crippen LogP contribution in [0.4, 0.5) is 13.2 Å². The molecule has 100 valence electrons. The highest BCUT2D eigenvalue weighted by molar-refractivity contribution is 5.36. The highest BCUT2D eigenvalue weighted by Crippen LogP contribution is 2.29. The van der Waals surface area contributed by atoms with Crippen molar-refractivity contribution in [1.82, 2.24) is 0 Å². The molecule has 0 aromatic heterocycles. The molecular weight excluding hydrogens is 253 g/mol. The van der Waals surface area contributed by atoms with Crippen molar-refractivity contribution in [3.05, 3.63) is 59.4 Å². The van der Waals surface area contributed by atoms with Crippen molar-refractivity contribution in [2.24, 2.45) is 0 Å². The van der Waals surface area contributed by atoms with E-state index in [-0.39, 0.29) is 23.0 Å². The van der Waals surface area contributed by atoms with E-state index in [4.69, 9.17) is 4.74 Å². The van der Waals surface area contributed by atoms with Crippen molar-refractivity contribution in [3.63, 3.8) is 0 Å². The van der Waals surface area contributed by atoms with Gasteiger partial charge in [0.05, 0.1) is 0 Å². The van der Waals surface area contributed by atoms with Gasteiger partial charge in [-0.2, -0.15) is 0 Å². The molecule has 19 heavy (non-hydrogen) atoms. The highest BCUT2D eigenvalue weighted by atomic mass is 19.2. The van der Waals surface area contributed by atoms with Crippen LogP contribution in [0.25, 0.3) is 0 Å². The van der Waals surface area contributed by atoms with Gasteiger partial charge in [-0.05, 0) is 29.7 Å². The van der Waals surface area contributed by atoms with Crippen LogP contribution < -0.4 is 4.74 Å². The average molecular weight is 266 g/mol. The van der Waals surface area contributed by atoms with Crippen molar-refractivity contribution in [2.75, 3.05) is 0 Å². The Bertz CT molecular complexity index is 594. The molecule has 0 saturated heterocycles. The second-order valence-electron chi connectivity index (χ2n) is 4.52. The maximum atomic E-state index is 13.5. The fourth-order valence-corrected chi connectivity index (χ4v) is 1.73. The van der Waals surface area contributed by atoms with Crippen LogP contribution in [0.5, 0.6) is 11.5 Å². The molecule has 2 aromatic rings. The minimum atomic E-state index is -0.974. The molecule has 0 aliphatic rings. The summed E-state index contributed by atoms with van der Waals surface area (Å²) in [6.07, 6.45) is 0. The van der Waals surface area contributed by atoms with Crippen molar-refractivity contribution in [1.29, 1.82) is 0 Å². The van der Waals surface area contributed by atoms with Crippen LogP contribution in [-0.2, 0) is 0 Å². The molecule has 2 aromatic carbocycles. The SMILES string of the molecule is CC(C)c1cc(Oc2cccc(F)c2)cc(F)c1F. The molecule has 0 amide bonds. The van der Waals surface area contributed by atoms with Crippen molar-refractivity contribution >= 4 is 0 Å². The summed E-state index contributed by atoms with van der Waals surface area (Å²) >= 11 is 0. The molecule has 0 fully saturated rings. The summed E-state index contributed by atoms with van der Waals surface area (Å²) in [5, 5.41) is 0. The lowest BCUT2D eigenvalue weighted by Crippen LogP contribution is -1.98. The lowest BCUT2D eigenvalue weighted by atomic mass is 10.0. The van der Waals surface area contributed by atoms with E-state index in [0.29, 0.717) is 0 Å². The minimum absolute atomic E-state index is 0.146. The van der Waals surface area contributed by atoms with Gasteiger partial charge in [-0.3, -0.25) is 0 Å². The van der Waals surface area contributed by atoms with E-state index in [9.17, 15) is 13.2 Å². The molecule has 0 N–H and O–H groups in total. The normalized spacial score (nSPS) is 10.8. The van der Waals surface area contributed by atoms with Crippen molar-refractivity contribution in [2.45, 2.75) is 19.8 Å². The Hall–Kier alpha value is -1.97. The Morgan fingerprint density at radius 1 is 0.947 bits per heavy atom. The molecule has 0 heterocycles. The molecule has 1 nitrogen and oxygen atoms in total. The molecule has 2 rings (SSSR count). The van der Waals surface area contributed by atoms with Gasteiger partial charge in [-0.1, -0.05) is 19.9 Å². The largest absolute Gasteiger partial charge is 0.457 e. The Labute approximate surface area is 109 Å². The summed E-state index contributed by atoms with van der Waals surface area (Å²) in [6, 6.07) is 7.85. The van der Waals surface area contributed by atoms with Crippen molar-refractivity contribution < 1.29 is 17.9 Å². The smallest absolute Gasteiger partial charge is 0.162 e. The summed E-state index contributed by atoms with van der Waals surface area (Å²) in [5.41, 5.74) is 0.228. The second kappa shape index (κ2) is 5.34. The predicted molar refractivity (Wildman–Crippen MR) is 66.9 cm³/mol. The fraction of sp³-hybridized carbons (Fsp3) is 0.200. The number of benzene rings is 2. The summed E-state index contributed by atoms with van der Waals surface area (Å²) < 4.78 is 45.3. The van der Waals surface area contributed by atoms with E-state index in [1.54, 1.807) is 19.9 Å². The Balaban J connectivity index is 2.36. The van der Waals surface area contributed by atoms with Crippen molar-refractivity contribution in [3.8, 4) is 11.5 Å². The van der Waals surface area contributed by atoms with Crippen LogP contribution in [0.15, 0.2) is 36.4 Å². The number of hydrogen-bond donors (Lipinski definition) is 0. The molecule has 0 aliphatic carbocycles. The summed E-state index contributed by atoms with van der Waals surface area (Å²) in [6.45, 7) is 3.51. The molecule has 4 heteroatoms. The third kappa shape index (κ3) is 3.08. The number of hydrogen-bond acceptors (Lipinski definition) is 1. The first kappa shape index (κ1) is 13.5. The fourth-order valence-electron chi connectivity index (χ4n) is 1.73. The topological polar surface area (TPSA) is 9.23 Å². The van der Waals surface area contributed by atoms with E-state index in [2.05, 4.69) is 0 Å². The number of rotatable bonds is 3. The third-order valence-corrected chi connectivity index (χ3v) is 2.68. The minimum Gasteiger partial charge on any atom is -0.457 e. The van der Waals surface area contributed by atoms with E-state index in [1.807, 2.05) is 0 Å². The zero-order valence-corrected chi connectivity index (χ0v) is 10.6. The number of halogens is 3. The van der Waals surface area contributed by atoms with Crippen LogP contribution >= 0.6 is 0 Å². The monoisotopic (exact) mass is 266 g/mol. The summed E-state index contributed by atoms with van der Waals surface area (Å²) in [4.78, 5) is 0. The summed E-state index contributed by atoms with van der Waals surface area (Å²) in [5.74, 6) is -2.09. The Kier molecular flexibility index (Phi) is 3.79. The van der Waals surface area contributed by atoms with Crippen LogP contribution in [-0.4, -0.2) is 0 Å². The van der Waals surface area contributed by atoms with Gasteiger partial charge in [0.1, 0.15) is 17.3 Å². The predicted octanol–water partition coefficient (Wildman–Crippen LogP) is 5.02. The zero-order valence-electron chi connectivity index (χ0n) is 10.6. The molecular formula is C15H13F3O. The van der Waals surface area contributed by atoms with Gasteiger partial charge in [-0.25, -0.2) is 13.2 Å². The molecule has 0 unspecified atom stereocenters. The van der Waals surface area contributed by atoms with Gasteiger partial charge in [0.2, 0.25) is 0 Å². The van der Waals surface area contributed by atoms with Gasteiger partial charge >= 0.3 is 0 Å². The Morgan fingerprint density at radius 2 is 1.68 bits per heavy atom. The van der Waals surface area contributed by atoms with Gasteiger partial charge in [0.15, 0.2) is 11.6 Å². The van der Waals surface area contributed by atoms with E-state index >= 15 is 0 Å². The maximum absolute atomic E-state index is 13.5. The third-order valence-electron chi connectivity index (χ3n) is 2.68. The summed E-state index contributed by atoms with van der Waals surface area (Å²) in [7, 11) is 0. The number of ether oxygens (including phenoxy) is 1. The first-order chi connectivity index (χ1) is 8.97. The first-order valence-corrected chi connectivity index (χ1v) is 5.89. The second-order valence-corrected chi connectivity index (χ2v) is 4.52. The molecule has 0 aliphatic heterocycles. The Morgan fingerprint density at radius 3 is 2.32 bits per heavy atom. The van der Waals surface area contributed by atoms with E-state index in [1.165, 1.54) is 24.3 Å². The average Bonchev–Trinajstić information content (AvgIpc) is 2.33. The van der Waals surface area contributed by atoms with Gasteiger partial charge in [-0.15, -0.1) is 0 Å². The van der Waals surface area contributed by atoms with Gasteiger partial charge in [0, 0.05) is 12.1 Å². The van der Waals surface area contributed by atoms with E-state index in [0.717, 1.165) is 6.07 Å². The van der Waals surface area contributed by atoms with Crippen LogP contribution in [0.3, 0.4) is 0 Å². The van der Waals surface area contributed by atoms with Crippen LogP contribution in [0.1, 0.15) is 25.3 Å². The lowest BCUT2D eigenvalue weighted by Gasteiger charge is -2.11. The highest BCUT2D eigenvalue weighted by Gasteiger charge is 2.14.